The zero-order valence-corrected chi connectivity index (χ0v) is 13.0. The van der Waals surface area contributed by atoms with Crippen LogP contribution in [0.2, 0.25) is 0 Å². The summed E-state index contributed by atoms with van der Waals surface area (Å²) in [6, 6.07) is 0.149. The van der Waals surface area contributed by atoms with Crippen LogP contribution in [-0.2, 0) is 9.59 Å². The Labute approximate surface area is 127 Å². The van der Waals surface area contributed by atoms with Gasteiger partial charge in [-0.15, -0.1) is 0 Å². The van der Waals surface area contributed by atoms with Gasteiger partial charge in [-0.05, 0) is 44.7 Å². The summed E-state index contributed by atoms with van der Waals surface area (Å²) in [5, 5.41) is 3.05. The molecule has 1 N–H and O–H groups in total. The van der Waals surface area contributed by atoms with Crippen molar-refractivity contribution in [1.82, 2.24) is 15.1 Å². The summed E-state index contributed by atoms with van der Waals surface area (Å²) >= 11 is 0. The molecule has 0 aromatic rings. The zero-order chi connectivity index (χ0) is 14.8. The van der Waals surface area contributed by atoms with E-state index in [0.29, 0.717) is 24.8 Å². The normalized spacial score (nSPS) is 35.6. The molecule has 0 aromatic carbocycles. The summed E-state index contributed by atoms with van der Waals surface area (Å²) in [6.07, 6.45) is 4.88. The van der Waals surface area contributed by atoms with E-state index in [1.165, 1.54) is 25.9 Å². The SMILES string of the molecule is CCC(=O)N[C@@H]1CCCN(C(=O)C2CN3CCC2CC3)C1. The molecule has 0 radical (unpaired) electrons. The summed E-state index contributed by atoms with van der Waals surface area (Å²) in [7, 11) is 0. The van der Waals surface area contributed by atoms with E-state index in [-0.39, 0.29) is 17.9 Å². The minimum absolute atomic E-state index is 0.0946. The molecule has 4 saturated heterocycles. The molecule has 0 spiro atoms. The third-order valence-corrected chi connectivity index (χ3v) is 5.39. The molecular formula is C16H27N3O2. The first-order chi connectivity index (χ1) is 10.2. The highest BCUT2D eigenvalue weighted by Crippen LogP contribution is 2.33. The maximum atomic E-state index is 12.8. The number of hydrogen-bond acceptors (Lipinski definition) is 3. The van der Waals surface area contributed by atoms with Crippen LogP contribution < -0.4 is 5.32 Å². The van der Waals surface area contributed by atoms with Gasteiger partial charge < -0.3 is 15.1 Å². The Kier molecular flexibility index (Phi) is 4.48. The summed E-state index contributed by atoms with van der Waals surface area (Å²) in [6.45, 7) is 6.72. The van der Waals surface area contributed by atoms with Crippen LogP contribution in [0, 0.1) is 11.8 Å². The quantitative estimate of drug-likeness (QED) is 0.839. The molecule has 2 bridgehead atoms. The van der Waals surface area contributed by atoms with Crippen LogP contribution >= 0.6 is 0 Å². The fourth-order valence-electron chi connectivity index (χ4n) is 4.10. The second-order valence-corrected chi connectivity index (χ2v) is 6.79. The van der Waals surface area contributed by atoms with Crippen molar-refractivity contribution >= 4 is 11.8 Å². The molecule has 2 amide bonds. The molecule has 0 saturated carbocycles. The molecule has 21 heavy (non-hydrogen) atoms. The Morgan fingerprint density at radius 2 is 1.86 bits per heavy atom. The minimum Gasteiger partial charge on any atom is -0.352 e. The number of rotatable bonds is 3. The molecule has 2 atom stereocenters. The first-order valence-electron chi connectivity index (χ1n) is 8.48. The molecule has 118 valence electrons. The predicted molar refractivity (Wildman–Crippen MR) is 80.7 cm³/mol. The van der Waals surface area contributed by atoms with Gasteiger partial charge in [0.25, 0.3) is 0 Å². The average molecular weight is 293 g/mol. The van der Waals surface area contributed by atoms with Crippen molar-refractivity contribution in [2.24, 2.45) is 11.8 Å². The van der Waals surface area contributed by atoms with Crippen molar-refractivity contribution in [3.05, 3.63) is 0 Å². The van der Waals surface area contributed by atoms with Gasteiger partial charge in [0.2, 0.25) is 11.8 Å². The highest BCUT2D eigenvalue weighted by molar-refractivity contribution is 5.80. The lowest BCUT2D eigenvalue weighted by molar-refractivity contribution is -0.143. The summed E-state index contributed by atoms with van der Waals surface area (Å²) < 4.78 is 0. The van der Waals surface area contributed by atoms with Crippen molar-refractivity contribution in [3.8, 4) is 0 Å². The van der Waals surface area contributed by atoms with Crippen LogP contribution in [0.15, 0.2) is 0 Å². The lowest BCUT2D eigenvalue weighted by Gasteiger charge is -2.46. The maximum Gasteiger partial charge on any atom is 0.227 e. The number of fused-ring (bicyclic) bond motifs is 3. The van der Waals surface area contributed by atoms with E-state index in [4.69, 9.17) is 0 Å². The highest BCUT2D eigenvalue weighted by Gasteiger charge is 2.40. The Hall–Kier alpha value is -1.10. The topological polar surface area (TPSA) is 52.7 Å². The number of likely N-dealkylation sites (tertiary alicyclic amines) is 1. The highest BCUT2D eigenvalue weighted by atomic mass is 16.2. The van der Waals surface area contributed by atoms with E-state index in [0.717, 1.165) is 25.9 Å². The summed E-state index contributed by atoms with van der Waals surface area (Å²) in [4.78, 5) is 28.8. The summed E-state index contributed by atoms with van der Waals surface area (Å²) in [5.74, 6) is 1.22. The predicted octanol–water partition coefficient (Wildman–Crippen LogP) is 0.845. The van der Waals surface area contributed by atoms with Gasteiger partial charge in [-0.25, -0.2) is 0 Å². The third kappa shape index (κ3) is 3.23. The fraction of sp³-hybridized carbons (Fsp3) is 0.875. The Balaban J connectivity index is 1.58. The van der Waals surface area contributed by atoms with Gasteiger partial charge in [-0.1, -0.05) is 6.92 Å². The fourth-order valence-corrected chi connectivity index (χ4v) is 4.10. The van der Waals surface area contributed by atoms with Crippen LogP contribution in [-0.4, -0.2) is 60.4 Å². The van der Waals surface area contributed by atoms with E-state index < -0.39 is 0 Å². The van der Waals surface area contributed by atoms with E-state index in [1.807, 2.05) is 11.8 Å². The molecular weight excluding hydrogens is 266 g/mol. The Morgan fingerprint density at radius 1 is 1.10 bits per heavy atom. The number of carbonyl (C=O) groups excluding carboxylic acids is 2. The average Bonchev–Trinajstić information content (AvgIpc) is 2.55. The smallest absolute Gasteiger partial charge is 0.227 e. The molecule has 4 heterocycles. The van der Waals surface area contributed by atoms with Gasteiger partial charge in [0.1, 0.15) is 0 Å². The van der Waals surface area contributed by atoms with Crippen LogP contribution in [0.25, 0.3) is 0 Å². The molecule has 0 aliphatic carbocycles. The number of amides is 2. The standard InChI is InChI=1S/C16H27N3O2/c1-2-15(20)17-13-4-3-7-19(10-13)16(21)14-11-18-8-5-12(14)6-9-18/h12-14H,2-11H2,1H3,(H,17,20)/t13-,14?/m1/s1. The second-order valence-electron chi connectivity index (χ2n) is 6.79. The largest absolute Gasteiger partial charge is 0.352 e. The van der Waals surface area contributed by atoms with E-state index in [9.17, 15) is 9.59 Å². The molecule has 1 unspecified atom stereocenters. The molecule has 5 heteroatoms. The van der Waals surface area contributed by atoms with Crippen LogP contribution in [0.1, 0.15) is 39.0 Å². The third-order valence-electron chi connectivity index (χ3n) is 5.39. The number of nitrogens with zero attached hydrogens (tertiary/aromatic N) is 2. The molecule has 0 aromatic heterocycles. The molecule has 4 rings (SSSR count). The molecule has 4 aliphatic rings. The van der Waals surface area contributed by atoms with Gasteiger partial charge >= 0.3 is 0 Å². The number of nitrogens with one attached hydrogen (secondary N) is 1. The van der Waals surface area contributed by atoms with Crippen molar-refractivity contribution < 1.29 is 9.59 Å². The molecule has 5 nitrogen and oxygen atoms in total. The van der Waals surface area contributed by atoms with Crippen LogP contribution in [0.4, 0.5) is 0 Å². The van der Waals surface area contributed by atoms with Crippen molar-refractivity contribution in [2.75, 3.05) is 32.7 Å². The number of hydrogen-bond donors (Lipinski definition) is 1. The Bertz CT molecular complexity index is 404. The lowest BCUT2D eigenvalue weighted by Crippen LogP contribution is -2.56. The second kappa shape index (κ2) is 6.34. The van der Waals surface area contributed by atoms with Crippen molar-refractivity contribution in [2.45, 2.75) is 45.1 Å². The number of carbonyl (C=O) groups is 2. The van der Waals surface area contributed by atoms with E-state index >= 15 is 0 Å². The van der Waals surface area contributed by atoms with Gasteiger partial charge in [0.05, 0.1) is 5.92 Å². The van der Waals surface area contributed by atoms with E-state index in [2.05, 4.69) is 10.2 Å². The minimum atomic E-state index is 0.0946. The van der Waals surface area contributed by atoms with Crippen molar-refractivity contribution in [1.29, 1.82) is 0 Å². The zero-order valence-electron chi connectivity index (χ0n) is 13.0. The molecule has 4 fully saturated rings. The van der Waals surface area contributed by atoms with Gasteiger partial charge in [0, 0.05) is 32.1 Å². The lowest BCUT2D eigenvalue weighted by atomic mass is 9.78. The number of piperidine rings is 4. The van der Waals surface area contributed by atoms with Crippen LogP contribution in [0.3, 0.4) is 0 Å². The first-order valence-corrected chi connectivity index (χ1v) is 8.48. The molecule has 4 aliphatic heterocycles. The Morgan fingerprint density at radius 3 is 2.48 bits per heavy atom. The monoisotopic (exact) mass is 293 g/mol. The van der Waals surface area contributed by atoms with Gasteiger partial charge in [0.15, 0.2) is 0 Å². The summed E-state index contributed by atoms with van der Waals surface area (Å²) in [5.41, 5.74) is 0. The maximum absolute atomic E-state index is 12.8. The van der Waals surface area contributed by atoms with Gasteiger partial charge in [-0.3, -0.25) is 9.59 Å². The van der Waals surface area contributed by atoms with Gasteiger partial charge in [-0.2, -0.15) is 0 Å². The van der Waals surface area contributed by atoms with Crippen LogP contribution in [0.5, 0.6) is 0 Å². The first kappa shape index (κ1) is 14.8. The van der Waals surface area contributed by atoms with Crippen molar-refractivity contribution in [3.63, 3.8) is 0 Å². The van der Waals surface area contributed by atoms with E-state index in [1.54, 1.807) is 0 Å².